The third-order valence-electron chi connectivity index (χ3n) is 3.51. The number of amides is 1. The van der Waals surface area contributed by atoms with E-state index >= 15 is 0 Å². The molecule has 0 aromatic heterocycles. The first kappa shape index (κ1) is 25.0. The van der Waals surface area contributed by atoms with E-state index in [0.29, 0.717) is 5.56 Å². The van der Waals surface area contributed by atoms with Crippen molar-refractivity contribution in [2.75, 3.05) is 5.43 Å². The van der Waals surface area contributed by atoms with Crippen LogP contribution in [0, 0.1) is 0 Å². The zero-order valence-corrected chi connectivity index (χ0v) is 18.3. The summed E-state index contributed by atoms with van der Waals surface area (Å²) < 4.78 is 73.4. The van der Waals surface area contributed by atoms with E-state index in [-0.39, 0.29) is 12.2 Å². The van der Waals surface area contributed by atoms with Gasteiger partial charge in [-0.15, -0.1) is 5.10 Å². The van der Waals surface area contributed by atoms with E-state index in [1.165, 1.54) is 36.4 Å². The first-order valence-electron chi connectivity index (χ1n) is 9.22. The monoisotopic (exact) mass is 473 g/mol. The van der Waals surface area contributed by atoms with E-state index in [1.807, 2.05) is 0 Å². The number of carbonyl (C=O) groups is 1. The number of hydrogen-bond donors (Lipinski definition) is 2. The summed E-state index contributed by atoms with van der Waals surface area (Å²) in [4.78, 5) is 11.3. The summed E-state index contributed by atoms with van der Waals surface area (Å²) in [5, 5.41) is 5.60. The lowest BCUT2D eigenvalue weighted by atomic mass is 10.2. The van der Waals surface area contributed by atoms with Gasteiger partial charge in [0.2, 0.25) is 0 Å². The topological polar surface area (TPSA) is 106 Å². The van der Waals surface area contributed by atoms with Crippen molar-refractivity contribution in [2.24, 2.45) is 5.10 Å². The molecule has 0 bridgehead atoms. The molecule has 0 fully saturated rings. The molecule has 2 aromatic rings. The molecule has 0 unspecified atom stereocenters. The Kier molecular flexibility index (Phi) is 7.73. The van der Waals surface area contributed by atoms with Crippen molar-refractivity contribution < 1.29 is 35.3 Å². The second-order valence-corrected chi connectivity index (χ2v) is 8.98. The Morgan fingerprint density at radius 2 is 1.69 bits per heavy atom. The lowest BCUT2D eigenvalue weighted by molar-refractivity contribution is -0.0707. The summed E-state index contributed by atoms with van der Waals surface area (Å²) in [6.45, 7) is 5.15. The van der Waals surface area contributed by atoms with E-state index in [1.54, 1.807) is 26.8 Å². The van der Waals surface area contributed by atoms with Crippen molar-refractivity contribution in [1.29, 1.82) is 0 Å². The molecule has 0 saturated heterocycles. The van der Waals surface area contributed by atoms with Gasteiger partial charge in [-0.1, -0.05) is 30.3 Å². The summed E-state index contributed by atoms with van der Waals surface area (Å²) in [6, 6.07) is 12.3. The van der Waals surface area contributed by atoms with Crippen molar-refractivity contribution in [3.63, 3.8) is 0 Å². The van der Waals surface area contributed by atoms with E-state index in [2.05, 4.69) is 20.0 Å². The summed E-state index contributed by atoms with van der Waals surface area (Å²) >= 11 is 0. The smallest absolute Gasteiger partial charge is 0.444 e. The summed E-state index contributed by atoms with van der Waals surface area (Å²) in [5.74, 6) is -1.99. The number of nitrogens with one attached hydrogen (secondary N) is 2. The molecule has 0 aliphatic heterocycles. The average molecular weight is 473 g/mol. The lowest BCUT2D eigenvalue weighted by Gasteiger charge is -2.19. The zero-order valence-electron chi connectivity index (χ0n) is 17.4. The van der Waals surface area contributed by atoms with Crippen LogP contribution >= 0.6 is 0 Å². The fourth-order valence-electron chi connectivity index (χ4n) is 2.22. The fraction of sp³-hybridized carbons (Fsp3) is 0.300. The fourth-order valence-corrected chi connectivity index (χ4v) is 3.15. The van der Waals surface area contributed by atoms with E-state index in [0.717, 1.165) is 12.1 Å². The minimum Gasteiger partial charge on any atom is -0.444 e. The van der Waals surface area contributed by atoms with Crippen LogP contribution in [-0.2, 0) is 25.6 Å². The number of anilines is 1. The minimum atomic E-state index is -5.18. The van der Waals surface area contributed by atoms with Crippen LogP contribution < -0.4 is 10.7 Å². The van der Waals surface area contributed by atoms with Crippen LogP contribution in [0.25, 0.3) is 0 Å². The van der Waals surface area contributed by atoms with Crippen LogP contribution in [0.4, 0.5) is 23.7 Å². The summed E-state index contributed by atoms with van der Waals surface area (Å²) in [6.07, 6.45) is -5.84. The molecule has 32 heavy (non-hydrogen) atoms. The number of halogens is 3. The van der Waals surface area contributed by atoms with Crippen LogP contribution in [0.5, 0.6) is 0 Å². The van der Waals surface area contributed by atoms with Crippen molar-refractivity contribution in [2.45, 2.75) is 44.0 Å². The molecule has 2 aromatic carbocycles. The molecule has 0 atom stereocenters. The van der Waals surface area contributed by atoms with Crippen LogP contribution in [0.1, 0.15) is 26.3 Å². The van der Waals surface area contributed by atoms with Crippen molar-refractivity contribution >= 4 is 27.8 Å². The number of carbonyl (C=O) groups excluding carboxylic acids is 1. The van der Waals surface area contributed by atoms with Gasteiger partial charge in [-0.05, 0) is 50.6 Å². The number of hydrazone groups is 1. The average Bonchev–Trinajstić information content (AvgIpc) is 2.68. The maximum absolute atomic E-state index is 13.3. The number of alkyl halides is 3. The van der Waals surface area contributed by atoms with Crippen molar-refractivity contribution in [3.8, 4) is 0 Å². The molecule has 0 radical (unpaired) electrons. The van der Waals surface area contributed by atoms with Crippen LogP contribution in [0.15, 0.2) is 64.6 Å². The molecular formula is C20H22F3N3O5S. The van der Waals surface area contributed by atoms with Gasteiger partial charge in [0, 0.05) is 6.54 Å². The Hall–Kier alpha value is -3.28. The van der Waals surface area contributed by atoms with Crippen molar-refractivity contribution in [3.05, 3.63) is 60.2 Å². The Morgan fingerprint density at radius 1 is 1.03 bits per heavy atom. The zero-order chi connectivity index (χ0) is 24.0. The van der Waals surface area contributed by atoms with Crippen LogP contribution in [0.2, 0.25) is 0 Å². The predicted molar refractivity (Wildman–Crippen MR) is 111 cm³/mol. The number of alkyl carbamates (subject to hydrolysis) is 1. The molecule has 12 heteroatoms. The van der Waals surface area contributed by atoms with Gasteiger partial charge in [-0.2, -0.15) is 21.6 Å². The van der Waals surface area contributed by atoms with Gasteiger partial charge in [0.1, 0.15) is 10.5 Å². The molecule has 0 aliphatic rings. The second kappa shape index (κ2) is 9.90. The number of rotatable bonds is 6. The first-order chi connectivity index (χ1) is 14.8. The number of benzene rings is 2. The lowest BCUT2D eigenvalue weighted by Crippen LogP contribution is -2.32. The highest BCUT2D eigenvalue weighted by atomic mass is 32.2. The molecule has 2 N–H and O–H groups in total. The number of hydrogen-bond acceptors (Lipinski definition) is 7. The first-order valence-corrected chi connectivity index (χ1v) is 10.6. The van der Waals surface area contributed by atoms with Gasteiger partial charge in [0.25, 0.3) is 0 Å². The molecule has 0 saturated carbocycles. The molecule has 0 spiro atoms. The Balaban J connectivity index is 2.12. The SMILES string of the molecule is CC(C)(C)OC(=O)NCc1cccc(N/N=C(\OS(=O)(=O)c2ccccc2)C(F)(F)F)c1. The third kappa shape index (κ3) is 8.10. The van der Waals surface area contributed by atoms with Gasteiger partial charge in [-0.3, -0.25) is 5.43 Å². The highest BCUT2D eigenvalue weighted by Gasteiger charge is 2.42. The molecule has 0 heterocycles. The maximum atomic E-state index is 13.3. The van der Waals surface area contributed by atoms with Gasteiger partial charge < -0.3 is 14.2 Å². The Bertz CT molecular complexity index is 1070. The number of nitrogens with zero attached hydrogens (tertiary/aromatic N) is 1. The van der Waals surface area contributed by atoms with Crippen LogP contribution in [0.3, 0.4) is 0 Å². The Labute approximate surface area is 183 Å². The third-order valence-corrected chi connectivity index (χ3v) is 4.74. The van der Waals surface area contributed by atoms with E-state index in [4.69, 9.17) is 4.74 Å². The standard InChI is InChI=1S/C20H22F3N3O5S/c1-19(2,3)30-18(27)24-13-14-8-7-9-15(12-14)25-26-17(20(21,22)23)31-32(28,29)16-10-5-4-6-11-16/h4-12,25H,13H2,1-3H3,(H,24,27)/b26-17-. The van der Waals surface area contributed by atoms with Crippen molar-refractivity contribution in [1.82, 2.24) is 5.32 Å². The van der Waals surface area contributed by atoms with Crippen LogP contribution in [-0.4, -0.2) is 32.2 Å². The molecule has 174 valence electrons. The molecule has 1 amide bonds. The predicted octanol–water partition coefficient (Wildman–Crippen LogP) is 4.40. The summed E-state index contributed by atoms with van der Waals surface area (Å²) in [5.41, 5.74) is 2.08. The molecule has 8 nitrogen and oxygen atoms in total. The van der Waals surface area contributed by atoms with E-state index < -0.39 is 38.8 Å². The molecule has 2 rings (SSSR count). The normalized spacial score (nSPS) is 12.8. The Morgan fingerprint density at radius 3 is 2.28 bits per heavy atom. The quantitative estimate of drug-likeness (QED) is 0.279. The van der Waals surface area contributed by atoms with Gasteiger partial charge in [0.15, 0.2) is 0 Å². The summed E-state index contributed by atoms with van der Waals surface area (Å²) in [7, 11) is -4.74. The largest absolute Gasteiger partial charge is 0.471 e. The van der Waals surface area contributed by atoms with Gasteiger partial charge >= 0.3 is 28.3 Å². The molecular weight excluding hydrogens is 451 g/mol. The number of ether oxygens (including phenoxy) is 1. The second-order valence-electron chi connectivity index (χ2n) is 7.43. The maximum Gasteiger partial charge on any atom is 0.471 e. The highest BCUT2D eigenvalue weighted by molar-refractivity contribution is 7.87. The molecule has 0 aliphatic carbocycles. The van der Waals surface area contributed by atoms with E-state index in [9.17, 15) is 26.4 Å². The van der Waals surface area contributed by atoms with Gasteiger partial charge in [-0.25, -0.2) is 4.79 Å². The highest BCUT2D eigenvalue weighted by Crippen LogP contribution is 2.23. The minimum absolute atomic E-state index is 0.0408. The van der Waals surface area contributed by atoms with Gasteiger partial charge in [0.05, 0.1) is 5.69 Å².